The number of rotatable bonds is 8. The summed E-state index contributed by atoms with van der Waals surface area (Å²) in [7, 11) is -0.144. The molecule has 2 aromatic carbocycles. The van der Waals surface area contributed by atoms with Gasteiger partial charge in [0.05, 0.1) is 24.5 Å². The van der Waals surface area contributed by atoms with Crippen LogP contribution in [0.5, 0.6) is 0 Å². The average molecular weight is 361 g/mol. The van der Waals surface area contributed by atoms with E-state index in [9.17, 15) is 14.1 Å². The summed E-state index contributed by atoms with van der Waals surface area (Å²) in [5, 5.41) is 10.2. The second-order valence-corrected chi connectivity index (χ2v) is 7.08. The molecule has 0 radical (unpaired) electrons. The highest BCUT2D eigenvalue weighted by atomic mass is 32.2. The van der Waals surface area contributed by atoms with E-state index < -0.39 is 23.1 Å². The molecular weight excluding hydrogens is 338 g/mol. The summed E-state index contributed by atoms with van der Waals surface area (Å²) < 4.78 is 20.3. The maximum absolute atomic E-state index is 12.6. The Bertz CT molecular complexity index is 703. The number of aliphatic hydroxyl groups excluding tert-OH is 1. The fourth-order valence-electron chi connectivity index (χ4n) is 2.43. The van der Waals surface area contributed by atoms with Crippen molar-refractivity contribution < 1.29 is 18.8 Å². The van der Waals surface area contributed by atoms with E-state index in [1.54, 1.807) is 0 Å². The van der Waals surface area contributed by atoms with Gasteiger partial charge in [0.1, 0.15) is 11.0 Å². The number of methoxy groups -OCH3 is 1. The zero-order chi connectivity index (χ0) is 18.2. The molecule has 0 aliphatic carbocycles. The first kappa shape index (κ1) is 19.3. The van der Waals surface area contributed by atoms with E-state index in [1.165, 1.54) is 7.11 Å². The Kier molecular flexibility index (Phi) is 7.31. The molecule has 2 aromatic rings. The molecule has 0 aliphatic heterocycles. The number of carbonyl (C=O) groups is 1. The van der Waals surface area contributed by atoms with E-state index in [4.69, 9.17) is 0 Å². The maximum Gasteiger partial charge on any atom is 0.308 e. The Hall–Kier alpha value is -2.02. The van der Waals surface area contributed by atoms with Gasteiger partial charge in [0.2, 0.25) is 0 Å². The van der Waals surface area contributed by atoms with Crippen LogP contribution in [0.1, 0.15) is 30.0 Å². The lowest BCUT2D eigenvalue weighted by Gasteiger charge is -2.21. The van der Waals surface area contributed by atoms with Crippen molar-refractivity contribution in [3.8, 4) is 0 Å². The van der Waals surface area contributed by atoms with Crippen LogP contribution in [0.4, 0.5) is 0 Å². The minimum absolute atomic E-state index is 0.0985. The number of esters is 1. The first-order valence-electron chi connectivity index (χ1n) is 8.04. The zero-order valence-corrected chi connectivity index (χ0v) is 15.2. The Morgan fingerprint density at radius 1 is 1.16 bits per heavy atom. The van der Waals surface area contributed by atoms with Gasteiger partial charge in [0, 0.05) is 6.04 Å². The fourth-order valence-corrected chi connectivity index (χ4v) is 3.44. The quantitative estimate of drug-likeness (QED) is 0.709. The van der Waals surface area contributed by atoms with Crippen LogP contribution in [0.2, 0.25) is 0 Å². The third-order valence-corrected chi connectivity index (χ3v) is 5.02. The van der Waals surface area contributed by atoms with Crippen molar-refractivity contribution in [2.24, 2.45) is 0 Å². The number of nitrogens with one attached hydrogen (secondary N) is 1. The number of aryl methyl sites for hydroxylation is 1. The van der Waals surface area contributed by atoms with E-state index in [-0.39, 0.29) is 18.9 Å². The van der Waals surface area contributed by atoms with Crippen molar-refractivity contribution in [1.82, 2.24) is 4.72 Å². The van der Waals surface area contributed by atoms with Gasteiger partial charge < -0.3 is 9.84 Å². The predicted octanol–water partition coefficient (Wildman–Crippen LogP) is 2.66. The van der Waals surface area contributed by atoms with Crippen molar-refractivity contribution >= 4 is 17.0 Å². The Balaban J connectivity index is 2.13. The Morgan fingerprint density at radius 2 is 1.80 bits per heavy atom. The monoisotopic (exact) mass is 361 g/mol. The van der Waals surface area contributed by atoms with E-state index in [1.807, 2.05) is 61.5 Å². The first-order chi connectivity index (χ1) is 12.0. The summed E-state index contributed by atoms with van der Waals surface area (Å²) in [4.78, 5) is 12.0. The molecule has 0 fully saturated rings. The second-order valence-electron chi connectivity index (χ2n) is 5.83. The molecule has 0 amide bonds. The molecule has 5 nitrogen and oxygen atoms in total. The summed E-state index contributed by atoms with van der Waals surface area (Å²) >= 11 is 0. The van der Waals surface area contributed by atoms with Crippen LogP contribution in [0.15, 0.2) is 59.5 Å². The molecular formula is C19H23NO4S. The third-order valence-electron chi connectivity index (χ3n) is 3.82. The number of benzene rings is 2. The first-order valence-corrected chi connectivity index (χ1v) is 9.19. The molecule has 6 heteroatoms. The minimum atomic E-state index is -1.43. The fraction of sp³-hybridized carbons (Fsp3) is 0.316. The van der Waals surface area contributed by atoms with Crippen molar-refractivity contribution in [3.05, 3.63) is 65.7 Å². The lowest BCUT2D eigenvalue weighted by molar-refractivity contribution is -0.142. The van der Waals surface area contributed by atoms with Crippen LogP contribution >= 0.6 is 0 Å². The highest BCUT2D eigenvalue weighted by Crippen LogP contribution is 2.22. The van der Waals surface area contributed by atoms with Gasteiger partial charge in [0.15, 0.2) is 0 Å². The standard InChI is InChI=1S/C19H23NO4S/c1-14-8-10-17(11-9-14)25(23)20-18(15-6-4-3-5-7-15)12-16(21)13-19(22)24-2/h3-11,16,18,20-21H,12-13H2,1-2H3/t16-,18+,25?/m1/s1. The summed E-state index contributed by atoms with van der Waals surface area (Å²) in [6, 6.07) is 16.5. The number of ether oxygens (including phenoxy) is 1. The highest BCUT2D eigenvalue weighted by Gasteiger charge is 2.21. The van der Waals surface area contributed by atoms with Crippen LogP contribution in [0.25, 0.3) is 0 Å². The number of carbonyl (C=O) groups excluding carboxylic acids is 1. The van der Waals surface area contributed by atoms with Crippen molar-refractivity contribution in [3.63, 3.8) is 0 Å². The van der Waals surface area contributed by atoms with Gasteiger partial charge in [-0.1, -0.05) is 48.0 Å². The molecule has 1 unspecified atom stereocenters. The largest absolute Gasteiger partial charge is 0.469 e. The molecule has 0 heterocycles. The van der Waals surface area contributed by atoms with Crippen LogP contribution in [0, 0.1) is 6.92 Å². The predicted molar refractivity (Wildman–Crippen MR) is 97.2 cm³/mol. The molecule has 134 valence electrons. The molecule has 3 atom stereocenters. The summed E-state index contributed by atoms with van der Waals surface area (Å²) in [5.41, 5.74) is 1.99. The average Bonchev–Trinajstić information content (AvgIpc) is 2.62. The lowest BCUT2D eigenvalue weighted by atomic mass is 10.0. The highest BCUT2D eigenvalue weighted by molar-refractivity contribution is 7.83. The zero-order valence-electron chi connectivity index (χ0n) is 14.3. The maximum atomic E-state index is 12.6. The summed E-state index contributed by atoms with van der Waals surface area (Å²) in [5.74, 6) is -0.473. The van der Waals surface area contributed by atoms with Gasteiger partial charge in [-0.05, 0) is 31.0 Å². The Labute approximate surface area is 150 Å². The van der Waals surface area contributed by atoms with Crippen LogP contribution in [-0.2, 0) is 20.5 Å². The molecule has 0 bridgehead atoms. The molecule has 0 aliphatic rings. The SMILES string of the molecule is COC(=O)C[C@H](O)C[C@H](NS(=O)c1ccc(C)cc1)c1ccccc1. The normalized spacial score (nSPS) is 14.5. The van der Waals surface area contributed by atoms with Crippen molar-refractivity contribution in [2.75, 3.05) is 7.11 Å². The van der Waals surface area contributed by atoms with Gasteiger partial charge in [-0.2, -0.15) is 0 Å². The van der Waals surface area contributed by atoms with E-state index in [2.05, 4.69) is 9.46 Å². The topological polar surface area (TPSA) is 75.6 Å². The van der Waals surface area contributed by atoms with Crippen LogP contribution in [0.3, 0.4) is 0 Å². The summed E-state index contributed by atoms with van der Waals surface area (Å²) in [6.07, 6.45) is -0.741. The number of hydrogen-bond donors (Lipinski definition) is 2. The van der Waals surface area contributed by atoms with Gasteiger partial charge in [-0.15, -0.1) is 0 Å². The molecule has 2 N–H and O–H groups in total. The van der Waals surface area contributed by atoms with Gasteiger partial charge in [0.25, 0.3) is 0 Å². The van der Waals surface area contributed by atoms with Crippen molar-refractivity contribution in [2.45, 2.75) is 36.8 Å². The second kappa shape index (κ2) is 9.46. The minimum Gasteiger partial charge on any atom is -0.469 e. The van der Waals surface area contributed by atoms with Gasteiger partial charge >= 0.3 is 5.97 Å². The number of hydrogen-bond acceptors (Lipinski definition) is 4. The van der Waals surface area contributed by atoms with E-state index in [0.717, 1.165) is 11.1 Å². The smallest absolute Gasteiger partial charge is 0.308 e. The molecule has 0 saturated carbocycles. The van der Waals surface area contributed by atoms with Crippen LogP contribution < -0.4 is 4.72 Å². The summed E-state index contributed by atoms with van der Waals surface area (Å²) in [6.45, 7) is 1.97. The molecule has 2 rings (SSSR count). The van der Waals surface area contributed by atoms with E-state index in [0.29, 0.717) is 4.90 Å². The molecule has 25 heavy (non-hydrogen) atoms. The lowest BCUT2D eigenvalue weighted by Crippen LogP contribution is -2.28. The number of aliphatic hydroxyl groups is 1. The van der Waals surface area contributed by atoms with Crippen LogP contribution in [-0.4, -0.2) is 28.5 Å². The van der Waals surface area contributed by atoms with Gasteiger partial charge in [-0.25, -0.2) is 8.93 Å². The molecule has 0 saturated heterocycles. The van der Waals surface area contributed by atoms with Crippen molar-refractivity contribution in [1.29, 1.82) is 0 Å². The van der Waals surface area contributed by atoms with Gasteiger partial charge in [-0.3, -0.25) is 4.79 Å². The Morgan fingerprint density at radius 3 is 2.40 bits per heavy atom. The molecule has 0 aromatic heterocycles. The third kappa shape index (κ3) is 6.08. The molecule has 0 spiro atoms. The van der Waals surface area contributed by atoms with E-state index >= 15 is 0 Å².